The van der Waals surface area contributed by atoms with E-state index in [1.54, 1.807) is 18.2 Å². The zero-order valence-corrected chi connectivity index (χ0v) is 9.74. The molecule has 2 nitrogen and oxygen atoms in total. The molecule has 0 radical (unpaired) electrons. The molecule has 0 bridgehead atoms. The van der Waals surface area contributed by atoms with Crippen LogP contribution in [0.2, 0.25) is 0 Å². The molecule has 2 aromatic rings. The van der Waals surface area contributed by atoms with Gasteiger partial charge in [-0.1, -0.05) is 30.3 Å². The van der Waals surface area contributed by atoms with Crippen LogP contribution in [0.4, 0.5) is 18.9 Å². The van der Waals surface area contributed by atoms with E-state index in [-0.39, 0.29) is 5.56 Å². The highest BCUT2D eigenvalue weighted by Crippen LogP contribution is 2.37. The summed E-state index contributed by atoms with van der Waals surface area (Å²) in [6.45, 7) is 0. The standard InChI is InChI=1S/C14H10F3NO/c15-14(16,17)13-4-2-1-3-12(13)10-5-7-11(8-6-10)18-9-19/h1-9H,(H,18,19). The Kier molecular flexibility index (Phi) is 3.55. The first-order chi connectivity index (χ1) is 9.02. The molecular weight excluding hydrogens is 255 g/mol. The van der Waals surface area contributed by atoms with E-state index >= 15 is 0 Å². The minimum Gasteiger partial charge on any atom is -0.329 e. The molecule has 0 saturated carbocycles. The monoisotopic (exact) mass is 265 g/mol. The Bertz CT molecular complexity index is 576. The van der Waals surface area contributed by atoms with Crippen molar-refractivity contribution >= 4 is 12.1 Å². The van der Waals surface area contributed by atoms with E-state index in [1.165, 1.54) is 24.3 Å². The van der Waals surface area contributed by atoms with E-state index in [2.05, 4.69) is 5.32 Å². The lowest BCUT2D eigenvalue weighted by Gasteiger charge is -2.13. The molecule has 2 aromatic carbocycles. The molecule has 19 heavy (non-hydrogen) atoms. The molecular formula is C14H10F3NO. The zero-order valence-electron chi connectivity index (χ0n) is 9.74. The Morgan fingerprint density at radius 2 is 1.58 bits per heavy atom. The van der Waals surface area contributed by atoms with E-state index in [9.17, 15) is 18.0 Å². The van der Waals surface area contributed by atoms with Crippen molar-refractivity contribution in [2.24, 2.45) is 0 Å². The molecule has 0 unspecified atom stereocenters. The summed E-state index contributed by atoms with van der Waals surface area (Å²) in [7, 11) is 0. The number of rotatable bonds is 3. The van der Waals surface area contributed by atoms with Gasteiger partial charge in [0.05, 0.1) is 5.56 Å². The fourth-order valence-corrected chi connectivity index (χ4v) is 1.80. The summed E-state index contributed by atoms with van der Waals surface area (Å²) in [4.78, 5) is 10.3. The van der Waals surface area contributed by atoms with Crippen LogP contribution in [0.3, 0.4) is 0 Å². The second-order valence-electron chi connectivity index (χ2n) is 3.88. The highest BCUT2D eigenvalue weighted by molar-refractivity contribution is 5.75. The molecule has 0 heterocycles. The quantitative estimate of drug-likeness (QED) is 0.837. The maximum Gasteiger partial charge on any atom is 0.417 e. The van der Waals surface area contributed by atoms with E-state index in [0.29, 0.717) is 17.7 Å². The van der Waals surface area contributed by atoms with Crippen LogP contribution in [0.15, 0.2) is 48.5 Å². The predicted molar refractivity (Wildman–Crippen MR) is 66.6 cm³/mol. The van der Waals surface area contributed by atoms with Gasteiger partial charge in [0, 0.05) is 5.69 Å². The van der Waals surface area contributed by atoms with Crippen LogP contribution in [0.25, 0.3) is 11.1 Å². The molecule has 98 valence electrons. The normalized spacial score (nSPS) is 11.1. The first-order valence-corrected chi connectivity index (χ1v) is 5.49. The first kappa shape index (κ1) is 13.1. The first-order valence-electron chi connectivity index (χ1n) is 5.49. The molecule has 0 spiro atoms. The van der Waals surface area contributed by atoms with Crippen LogP contribution in [-0.2, 0) is 11.0 Å². The molecule has 0 aliphatic heterocycles. The van der Waals surface area contributed by atoms with Crippen molar-refractivity contribution < 1.29 is 18.0 Å². The maximum absolute atomic E-state index is 12.9. The Balaban J connectivity index is 2.44. The fourth-order valence-electron chi connectivity index (χ4n) is 1.80. The van der Waals surface area contributed by atoms with Crippen molar-refractivity contribution in [1.29, 1.82) is 0 Å². The van der Waals surface area contributed by atoms with Crippen molar-refractivity contribution in [3.63, 3.8) is 0 Å². The van der Waals surface area contributed by atoms with Gasteiger partial charge in [0.25, 0.3) is 0 Å². The smallest absolute Gasteiger partial charge is 0.329 e. The second kappa shape index (κ2) is 5.14. The van der Waals surface area contributed by atoms with Crippen molar-refractivity contribution in [3.05, 3.63) is 54.1 Å². The van der Waals surface area contributed by atoms with Crippen molar-refractivity contribution in [3.8, 4) is 11.1 Å². The lowest BCUT2D eigenvalue weighted by atomic mass is 9.99. The van der Waals surface area contributed by atoms with E-state index < -0.39 is 11.7 Å². The number of alkyl halides is 3. The Morgan fingerprint density at radius 1 is 0.947 bits per heavy atom. The van der Waals surface area contributed by atoms with E-state index in [0.717, 1.165) is 6.07 Å². The summed E-state index contributed by atoms with van der Waals surface area (Å²) in [6.07, 6.45) is -3.88. The minimum atomic E-state index is -4.39. The topological polar surface area (TPSA) is 29.1 Å². The average Bonchev–Trinajstić information content (AvgIpc) is 2.39. The van der Waals surface area contributed by atoms with Crippen molar-refractivity contribution in [1.82, 2.24) is 0 Å². The Morgan fingerprint density at radius 3 is 2.16 bits per heavy atom. The number of nitrogens with one attached hydrogen (secondary N) is 1. The van der Waals surface area contributed by atoms with Gasteiger partial charge in [0.1, 0.15) is 0 Å². The lowest BCUT2D eigenvalue weighted by Crippen LogP contribution is -2.06. The summed E-state index contributed by atoms with van der Waals surface area (Å²) < 4.78 is 38.6. The van der Waals surface area contributed by atoms with Gasteiger partial charge in [-0.2, -0.15) is 13.2 Å². The molecule has 0 aromatic heterocycles. The minimum absolute atomic E-state index is 0.118. The number of carbonyl (C=O) groups excluding carboxylic acids is 1. The summed E-state index contributed by atoms with van der Waals surface area (Å²) in [5.41, 5.74) is 0.423. The van der Waals surface area contributed by atoms with Gasteiger partial charge in [-0.3, -0.25) is 4.79 Å². The van der Waals surface area contributed by atoms with E-state index in [1.807, 2.05) is 0 Å². The van der Waals surface area contributed by atoms with Crippen LogP contribution in [-0.4, -0.2) is 6.41 Å². The number of carbonyl (C=O) groups is 1. The molecule has 0 atom stereocenters. The van der Waals surface area contributed by atoms with Crippen LogP contribution in [0.5, 0.6) is 0 Å². The highest BCUT2D eigenvalue weighted by Gasteiger charge is 2.33. The highest BCUT2D eigenvalue weighted by atomic mass is 19.4. The van der Waals surface area contributed by atoms with Gasteiger partial charge in [0.2, 0.25) is 6.41 Å². The lowest BCUT2D eigenvalue weighted by molar-refractivity contribution is -0.137. The molecule has 0 saturated heterocycles. The number of halogens is 3. The van der Waals surface area contributed by atoms with Gasteiger partial charge >= 0.3 is 6.18 Å². The van der Waals surface area contributed by atoms with Crippen molar-refractivity contribution in [2.45, 2.75) is 6.18 Å². The van der Waals surface area contributed by atoms with E-state index in [4.69, 9.17) is 0 Å². The third-order valence-corrected chi connectivity index (χ3v) is 2.65. The molecule has 0 aliphatic rings. The third kappa shape index (κ3) is 2.93. The zero-order chi connectivity index (χ0) is 13.9. The van der Waals surface area contributed by atoms with Gasteiger partial charge in [-0.05, 0) is 29.3 Å². The summed E-state index contributed by atoms with van der Waals surface area (Å²) in [5.74, 6) is 0. The SMILES string of the molecule is O=CNc1ccc(-c2ccccc2C(F)(F)F)cc1. The molecule has 0 fully saturated rings. The van der Waals surface area contributed by atoms with Crippen LogP contribution < -0.4 is 5.32 Å². The van der Waals surface area contributed by atoms with Gasteiger partial charge < -0.3 is 5.32 Å². The molecule has 0 aliphatic carbocycles. The van der Waals surface area contributed by atoms with Gasteiger partial charge in [0.15, 0.2) is 0 Å². The largest absolute Gasteiger partial charge is 0.417 e. The Labute approximate surface area is 107 Å². The maximum atomic E-state index is 12.9. The average molecular weight is 265 g/mol. The third-order valence-electron chi connectivity index (χ3n) is 2.65. The molecule has 2 rings (SSSR count). The number of amides is 1. The van der Waals surface area contributed by atoms with Gasteiger partial charge in [-0.15, -0.1) is 0 Å². The van der Waals surface area contributed by atoms with Gasteiger partial charge in [-0.25, -0.2) is 0 Å². The Hall–Kier alpha value is -2.30. The number of anilines is 1. The van der Waals surface area contributed by atoms with Crippen molar-refractivity contribution in [2.75, 3.05) is 5.32 Å². The van der Waals surface area contributed by atoms with Crippen LogP contribution >= 0.6 is 0 Å². The second-order valence-corrected chi connectivity index (χ2v) is 3.88. The molecule has 5 heteroatoms. The molecule has 1 N–H and O–H groups in total. The summed E-state index contributed by atoms with van der Waals surface area (Å²) in [5, 5.41) is 2.43. The van der Waals surface area contributed by atoms with Crippen LogP contribution in [0, 0.1) is 0 Å². The summed E-state index contributed by atoms with van der Waals surface area (Å²) >= 11 is 0. The number of benzene rings is 2. The summed E-state index contributed by atoms with van der Waals surface area (Å²) in [6, 6.07) is 11.6. The molecule has 1 amide bonds. The predicted octanol–water partition coefficient (Wildman–Crippen LogP) is 3.94. The van der Waals surface area contributed by atoms with Crippen LogP contribution in [0.1, 0.15) is 5.56 Å². The fraction of sp³-hybridized carbons (Fsp3) is 0.0714. The number of hydrogen-bond donors (Lipinski definition) is 1. The number of hydrogen-bond acceptors (Lipinski definition) is 1.